The van der Waals surface area contributed by atoms with E-state index in [4.69, 9.17) is 0 Å². The number of hydrogen-bond acceptors (Lipinski definition) is 1. The molecule has 0 fully saturated rings. The summed E-state index contributed by atoms with van der Waals surface area (Å²) in [7, 11) is 0. The molecule has 2 nitrogen and oxygen atoms in total. The summed E-state index contributed by atoms with van der Waals surface area (Å²) in [5, 5.41) is 4.94. The van der Waals surface area contributed by atoms with Crippen molar-refractivity contribution in [2.24, 2.45) is 0 Å². The molecule has 0 spiro atoms. The molecule has 0 saturated carbocycles. The van der Waals surface area contributed by atoms with Crippen LogP contribution in [-0.2, 0) is 19.6 Å². The Morgan fingerprint density at radius 2 is 1.56 bits per heavy atom. The molecule has 0 radical (unpaired) electrons. The zero-order chi connectivity index (χ0) is 18.6. The number of nitrogens with zero attached hydrogens (tertiary/aromatic N) is 1. The van der Waals surface area contributed by atoms with Crippen LogP contribution in [0.1, 0.15) is 27.8 Å². The predicted molar refractivity (Wildman–Crippen MR) is 114 cm³/mol. The third-order valence-corrected chi connectivity index (χ3v) is 5.07. The van der Waals surface area contributed by atoms with Gasteiger partial charge in [0.2, 0.25) is 0 Å². The van der Waals surface area contributed by atoms with Crippen molar-refractivity contribution in [1.82, 2.24) is 9.88 Å². The van der Waals surface area contributed by atoms with E-state index >= 15 is 0 Å². The Balaban J connectivity index is 1.53. The fraction of sp³-hybridized carbons (Fsp3) is 0.200. The summed E-state index contributed by atoms with van der Waals surface area (Å²) in [6.45, 7) is 6.94. The van der Waals surface area contributed by atoms with E-state index in [-0.39, 0.29) is 0 Å². The van der Waals surface area contributed by atoms with E-state index in [0.717, 1.165) is 19.6 Å². The highest BCUT2D eigenvalue weighted by atomic mass is 15.0. The first kappa shape index (κ1) is 17.6. The van der Waals surface area contributed by atoms with Gasteiger partial charge in [-0.15, -0.1) is 0 Å². The largest absolute Gasteiger partial charge is 0.343 e. The maximum Gasteiger partial charge on any atom is 0.0486 e. The molecule has 0 atom stereocenters. The molecule has 4 aromatic rings. The average molecular weight is 354 g/mol. The van der Waals surface area contributed by atoms with Crippen LogP contribution in [0.5, 0.6) is 0 Å². The molecule has 0 bridgehead atoms. The highest BCUT2D eigenvalue weighted by Crippen LogP contribution is 2.22. The number of nitrogens with one attached hydrogen (secondary N) is 1. The summed E-state index contributed by atoms with van der Waals surface area (Å²) in [5.74, 6) is 0. The fourth-order valence-corrected chi connectivity index (χ4v) is 3.65. The highest BCUT2D eigenvalue weighted by molar-refractivity contribution is 5.84. The van der Waals surface area contributed by atoms with Gasteiger partial charge in [0, 0.05) is 36.7 Å². The third-order valence-electron chi connectivity index (χ3n) is 5.07. The van der Waals surface area contributed by atoms with Gasteiger partial charge < -0.3 is 9.88 Å². The lowest BCUT2D eigenvalue weighted by Gasteiger charge is -2.06. The molecule has 0 unspecified atom stereocenters. The molecule has 0 aliphatic carbocycles. The van der Waals surface area contributed by atoms with Gasteiger partial charge >= 0.3 is 0 Å². The summed E-state index contributed by atoms with van der Waals surface area (Å²) in [4.78, 5) is 0. The molecule has 0 amide bonds. The number of para-hydroxylation sites is 1. The zero-order valence-corrected chi connectivity index (χ0v) is 16.1. The monoisotopic (exact) mass is 354 g/mol. The first-order valence-corrected chi connectivity index (χ1v) is 9.57. The Labute approximate surface area is 161 Å². The van der Waals surface area contributed by atoms with Crippen LogP contribution in [0.3, 0.4) is 0 Å². The van der Waals surface area contributed by atoms with Crippen LogP contribution >= 0.6 is 0 Å². The van der Waals surface area contributed by atoms with Crippen LogP contribution in [0.15, 0.2) is 79.0 Å². The predicted octanol–water partition coefficient (Wildman–Crippen LogP) is 5.60. The maximum atomic E-state index is 3.60. The normalized spacial score (nSPS) is 11.2. The molecule has 0 saturated heterocycles. The van der Waals surface area contributed by atoms with Crippen LogP contribution < -0.4 is 5.32 Å². The molecule has 2 heteroatoms. The van der Waals surface area contributed by atoms with Crippen molar-refractivity contribution in [2.75, 3.05) is 0 Å². The van der Waals surface area contributed by atoms with E-state index < -0.39 is 0 Å². The van der Waals surface area contributed by atoms with E-state index in [1.165, 1.54) is 38.7 Å². The number of fused-ring (bicyclic) bond motifs is 1. The Morgan fingerprint density at radius 1 is 0.741 bits per heavy atom. The molecular formula is C25H26N2. The highest BCUT2D eigenvalue weighted by Gasteiger charge is 2.08. The van der Waals surface area contributed by atoms with E-state index in [1.807, 2.05) is 0 Å². The van der Waals surface area contributed by atoms with Gasteiger partial charge in [-0.3, -0.25) is 0 Å². The Kier molecular flexibility index (Phi) is 5.08. The van der Waals surface area contributed by atoms with Crippen molar-refractivity contribution in [1.29, 1.82) is 0 Å². The SMILES string of the molecule is Cc1ccc(CNCc2cn(Cc3cccc(C)c3)c3ccccc23)cc1. The molecule has 0 aliphatic heterocycles. The number of rotatable bonds is 6. The van der Waals surface area contributed by atoms with Gasteiger partial charge in [-0.2, -0.15) is 0 Å². The van der Waals surface area contributed by atoms with Gasteiger partial charge in [-0.05, 0) is 36.6 Å². The lowest BCUT2D eigenvalue weighted by atomic mass is 10.1. The molecule has 1 aromatic heterocycles. The van der Waals surface area contributed by atoms with E-state index in [9.17, 15) is 0 Å². The molecule has 0 aliphatic rings. The Bertz CT molecular complexity index is 1040. The summed E-state index contributed by atoms with van der Waals surface area (Å²) >= 11 is 0. The van der Waals surface area contributed by atoms with Crippen molar-refractivity contribution >= 4 is 10.9 Å². The minimum Gasteiger partial charge on any atom is -0.343 e. The van der Waals surface area contributed by atoms with Gasteiger partial charge in [0.1, 0.15) is 0 Å². The van der Waals surface area contributed by atoms with Crippen LogP contribution in [0, 0.1) is 13.8 Å². The van der Waals surface area contributed by atoms with Crippen molar-refractivity contribution in [3.63, 3.8) is 0 Å². The van der Waals surface area contributed by atoms with Crippen LogP contribution in [0.2, 0.25) is 0 Å². The lowest BCUT2D eigenvalue weighted by molar-refractivity contribution is 0.692. The van der Waals surface area contributed by atoms with E-state index in [2.05, 4.69) is 103 Å². The first-order valence-electron chi connectivity index (χ1n) is 9.57. The van der Waals surface area contributed by atoms with Crippen LogP contribution in [0.4, 0.5) is 0 Å². The lowest BCUT2D eigenvalue weighted by Crippen LogP contribution is -2.12. The van der Waals surface area contributed by atoms with Crippen molar-refractivity contribution in [2.45, 2.75) is 33.5 Å². The summed E-state index contributed by atoms with van der Waals surface area (Å²) in [6.07, 6.45) is 2.30. The number of hydrogen-bond donors (Lipinski definition) is 1. The average Bonchev–Trinajstić information content (AvgIpc) is 3.01. The van der Waals surface area contributed by atoms with Crippen molar-refractivity contribution < 1.29 is 0 Å². The molecule has 3 aromatic carbocycles. The van der Waals surface area contributed by atoms with Crippen LogP contribution in [-0.4, -0.2) is 4.57 Å². The van der Waals surface area contributed by atoms with Gasteiger partial charge in [-0.1, -0.05) is 77.9 Å². The minimum absolute atomic E-state index is 0.870. The van der Waals surface area contributed by atoms with Gasteiger partial charge in [0.15, 0.2) is 0 Å². The van der Waals surface area contributed by atoms with E-state index in [0.29, 0.717) is 0 Å². The third kappa shape index (κ3) is 4.12. The summed E-state index contributed by atoms with van der Waals surface area (Å²) in [5.41, 5.74) is 7.93. The van der Waals surface area contributed by atoms with Gasteiger partial charge in [0.05, 0.1) is 0 Å². The standard InChI is InChI=1S/C25H26N2/c1-19-10-12-21(13-11-19)15-26-16-23-18-27(25-9-4-3-8-24(23)25)17-22-7-5-6-20(2)14-22/h3-14,18,26H,15-17H2,1-2H3. The topological polar surface area (TPSA) is 17.0 Å². The van der Waals surface area contributed by atoms with Gasteiger partial charge in [-0.25, -0.2) is 0 Å². The first-order chi connectivity index (χ1) is 13.2. The smallest absolute Gasteiger partial charge is 0.0486 e. The van der Waals surface area contributed by atoms with E-state index in [1.54, 1.807) is 0 Å². The second-order valence-electron chi connectivity index (χ2n) is 7.38. The van der Waals surface area contributed by atoms with Gasteiger partial charge in [0.25, 0.3) is 0 Å². The molecule has 1 N–H and O–H groups in total. The number of aromatic nitrogens is 1. The van der Waals surface area contributed by atoms with Crippen molar-refractivity contribution in [3.8, 4) is 0 Å². The molecule has 136 valence electrons. The minimum atomic E-state index is 0.870. The second-order valence-corrected chi connectivity index (χ2v) is 7.38. The fourth-order valence-electron chi connectivity index (χ4n) is 3.65. The second kappa shape index (κ2) is 7.81. The molecular weight excluding hydrogens is 328 g/mol. The number of aryl methyl sites for hydroxylation is 2. The van der Waals surface area contributed by atoms with Crippen molar-refractivity contribution in [3.05, 3.63) is 107 Å². The summed E-state index contributed by atoms with van der Waals surface area (Å²) < 4.78 is 2.37. The quantitative estimate of drug-likeness (QED) is 0.477. The van der Waals surface area contributed by atoms with Crippen LogP contribution in [0.25, 0.3) is 10.9 Å². The Hall–Kier alpha value is -2.84. The molecule has 4 rings (SSSR count). The zero-order valence-electron chi connectivity index (χ0n) is 16.1. The summed E-state index contributed by atoms with van der Waals surface area (Å²) in [6, 6.07) is 26.2. The molecule has 1 heterocycles. The Morgan fingerprint density at radius 3 is 2.37 bits per heavy atom. The molecule has 27 heavy (non-hydrogen) atoms. The number of benzene rings is 3. The maximum absolute atomic E-state index is 3.60.